The Morgan fingerprint density at radius 3 is 2.50 bits per heavy atom. The molecule has 2 rings (SSSR count). The molecule has 2 aliphatic heterocycles. The molecule has 7 heteroatoms. The van der Waals surface area contributed by atoms with E-state index in [1.54, 1.807) is 0 Å². The summed E-state index contributed by atoms with van der Waals surface area (Å²) < 4.78 is 17.2. The second kappa shape index (κ2) is 10.8. The van der Waals surface area contributed by atoms with Crippen LogP contribution in [0, 0.1) is 0 Å². The normalized spacial score (nSPS) is 23.8. The van der Waals surface area contributed by atoms with Gasteiger partial charge in [0.25, 0.3) is 0 Å². The fraction of sp³-hybridized carbons (Fsp3) is 0.941. The van der Waals surface area contributed by atoms with Crippen molar-refractivity contribution >= 4 is 29.9 Å². The molecule has 6 nitrogen and oxygen atoms in total. The van der Waals surface area contributed by atoms with Crippen LogP contribution in [0.5, 0.6) is 0 Å². The zero-order valence-electron chi connectivity index (χ0n) is 15.5. The third-order valence-corrected chi connectivity index (χ3v) is 3.93. The first-order chi connectivity index (χ1) is 11.0. The predicted octanol–water partition coefficient (Wildman–Crippen LogP) is 2.26. The standard InChI is InChI=1S/C17H33N3O3.HI/c1-5-18-16(19-12-15-13-21-10-11-22-15)20-8-6-14(7-9-20)23-17(2,3)4;/h14-15H,5-13H2,1-4H3,(H,18,19);1H. The van der Waals surface area contributed by atoms with Crippen LogP contribution in [0.3, 0.4) is 0 Å². The predicted molar refractivity (Wildman–Crippen MR) is 107 cm³/mol. The molecule has 0 aromatic heterocycles. The van der Waals surface area contributed by atoms with Crippen molar-refractivity contribution in [2.75, 3.05) is 46.0 Å². The van der Waals surface area contributed by atoms with E-state index >= 15 is 0 Å². The van der Waals surface area contributed by atoms with Crippen LogP contribution in [0.4, 0.5) is 0 Å². The molecule has 2 fully saturated rings. The van der Waals surface area contributed by atoms with Gasteiger partial charge in [-0.2, -0.15) is 0 Å². The molecule has 0 aromatic rings. The van der Waals surface area contributed by atoms with Gasteiger partial charge in [0, 0.05) is 19.6 Å². The number of ether oxygens (including phenoxy) is 3. The van der Waals surface area contributed by atoms with Crippen molar-refractivity contribution in [2.24, 2.45) is 4.99 Å². The van der Waals surface area contributed by atoms with Crippen molar-refractivity contribution in [2.45, 2.75) is 58.3 Å². The Kier molecular flexibility index (Phi) is 9.84. The van der Waals surface area contributed by atoms with Crippen LogP contribution in [0.15, 0.2) is 4.99 Å². The number of nitrogens with one attached hydrogen (secondary N) is 1. The number of halogens is 1. The number of guanidine groups is 1. The van der Waals surface area contributed by atoms with E-state index in [1.807, 2.05) is 0 Å². The maximum absolute atomic E-state index is 6.10. The van der Waals surface area contributed by atoms with Gasteiger partial charge in [-0.3, -0.25) is 4.99 Å². The molecule has 0 aromatic carbocycles. The van der Waals surface area contributed by atoms with Crippen LogP contribution >= 0.6 is 24.0 Å². The van der Waals surface area contributed by atoms with Gasteiger partial charge in [-0.25, -0.2) is 0 Å². The van der Waals surface area contributed by atoms with E-state index in [-0.39, 0.29) is 35.7 Å². The third kappa shape index (κ3) is 7.84. The zero-order chi connectivity index (χ0) is 16.7. The van der Waals surface area contributed by atoms with Gasteiger partial charge in [-0.1, -0.05) is 0 Å². The summed E-state index contributed by atoms with van der Waals surface area (Å²) in [5, 5.41) is 3.39. The molecule has 0 saturated carbocycles. The van der Waals surface area contributed by atoms with Gasteiger partial charge >= 0.3 is 0 Å². The lowest BCUT2D eigenvalue weighted by atomic mass is 10.1. The second-order valence-electron chi connectivity index (χ2n) is 7.18. The van der Waals surface area contributed by atoms with E-state index < -0.39 is 0 Å². The number of hydrogen-bond acceptors (Lipinski definition) is 4. The first-order valence-corrected chi connectivity index (χ1v) is 8.88. The van der Waals surface area contributed by atoms with Crippen LogP contribution in [0.25, 0.3) is 0 Å². The Morgan fingerprint density at radius 1 is 1.25 bits per heavy atom. The molecule has 0 bridgehead atoms. The smallest absolute Gasteiger partial charge is 0.194 e. The van der Waals surface area contributed by atoms with E-state index in [0.29, 0.717) is 32.5 Å². The van der Waals surface area contributed by atoms with Gasteiger partial charge in [0.1, 0.15) is 6.10 Å². The van der Waals surface area contributed by atoms with E-state index in [1.165, 1.54) is 0 Å². The summed E-state index contributed by atoms with van der Waals surface area (Å²) in [4.78, 5) is 7.08. The summed E-state index contributed by atoms with van der Waals surface area (Å²) in [6.07, 6.45) is 2.53. The van der Waals surface area contributed by atoms with Crippen LogP contribution in [0.2, 0.25) is 0 Å². The summed E-state index contributed by atoms with van der Waals surface area (Å²) >= 11 is 0. The van der Waals surface area contributed by atoms with Crippen molar-refractivity contribution in [3.63, 3.8) is 0 Å². The minimum atomic E-state index is -0.0657. The fourth-order valence-electron chi connectivity index (χ4n) is 2.94. The van der Waals surface area contributed by atoms with Crippen LogP contribution in [0.1, 0.15) is 40.5 Å². The lowest BCUT2D eigenvalue weighted by molar-refractivity contribution is -0.0836. The van der Waals surface area contributed by atoms with Gasteiger partial charge in [0.15, 0.2) is 5.96 Å². The Morgan fingerprint density at radius 2 is 1.96 bits per heavy atom. The molecule has 142 valence electrons. The van der Waals surface area contributed by atoms with Crippen LogP contribution in [-0.4, -0.2) is 74.7 Å². The molecule has 1 atom stereocenters. The molecule has 1 N–H and O–H groups in total. The molecule has 24 heavy (non-hydrogen) atoms. The van der Waals surface area contributed by atoms with E-state index in [2.05, 4.69) is 37.9 Å². The summed E-state index contributed by atoms with van der Waals surface area (Å²) in [5.41, 5.74) is -0.0657. The van der Waals surface area contributed by atoms with Gasteiger partial charge in [-0.05, 0) is 40.5 Å². The fourth-order valence-corrected chi connectivity index (χ4v) is 2.94. The molecule has 0 spiro atoms. The van der Waals surface area contributed by atoms with E-state index in [0.717, 1.165) is 38.4 Å². The topological polar surface area (TPSA) is 55.3 Å². The molecule has 0 aliphatic carbocycles. The monoisotopic (exact) mass is 455 g/mol. The van der Waals surface area contributed by atoms with Crippen molar-refractivity contribution in [3.05, 3.63) is 0 Å². The highest BCUT2D eigenvalue weighted by molar-refractivity contribution is 14.0. The van der Waals surface area contributed by atoms with E-state index in [9.17, 15) is 0 Å². The van der Waals surface area contributed by atoms with Crippen molar-refractivity contribution < 1.29 is 14.2 Å². The van der Waals surface area contributed by atoms with E-state index in [4.69, 9.17) is 19.2 Å². The number of aliphatic imine (C=N–C) groups is 1. The molecule has 0 amide bonds. The SMILES string of the molecule is CCNC(=NCC1COCCO1)N1CCC(OC(C)(C)C)CC1.I. The van der Waals surface area contributed by atoms with Gasteiger partial charge < -0.3 is 24.4 Å². The molecule has 2 aliphatic rings. The highest BCUT2D eigenvalue weighted by Gasteiger charge is 2.25. The lowest BCUT2D eigenvalue weighted by Gasteiger charge is -2.37. The summed E-state index contributed by atoms with van der Waals surface area (Å²) in [7, 11) is 0. The van der Waals surface area contributed by atoms with Gasteiger partial charge in [0.05, 0.1) is 38.1 Å². The van der Waals surface area contributed by atoms with Crippen LogP contribution in [-0.2, 0) is 14.2 Å². The number of rotatable bonds is 4. The number of hydrogen-bond donors (Lipinski definition) is 1. The quantitative estimate of drug-likeness (QED) is 0.401. The first kappa shape index (κ1) is 21.9. The maximum atomic E-state index is 6.10. The van der Waals surface area contributed by atoms with Gasteiger partial charge in [0.2, 0.25) is 0 Å². The number of likely N-dealkylation sites (tertiary alicyclic amines) is 1. The Hall–Kier alpha value is -0.120. The molecular weight excluding hydrogens is 421 g/mol. The number of piperidine rings is 1. The summed E-state index contributed by atoms with van der Waals surface area (Å²) in [5.74, 6) is 0.982. The lowest BCUT2D eigenvalue weighted by Crippen LogP contribution is -2.48. The minimum Gasteiger partial charge on any atom is -0.376 e. The summed E-state index contributed by atoms with van der Waals surface area (Å²) in [6, 6.07) is 0. The average Bonchev–Trinajstić information content (AvgIpc) is 2.52. The van der Waals surface area contributed by atoms with Crippen molar-refractivity contribution in [1.82, 2.24) is 10.2 Å². The van der Waals surface area contributed by atoms with Gasteiger partial charge in [-0.15, -0.1) is 24.0 Å². The third-order valence-electron chi connectivity index (χ3n) is 3.93. The molecule has 2 heterocycles. The summed E-state index contributed by atoms with van der Waals surface area (Å²) in [6.45, 7) is 14.0. The zero-order valence-corrected chi connectivity index (χ0v) is 17.9. The highest BCUT2D eigenvalue weighted by atomic mass is 127. The molecular formula is C17H34IN3O3. The molecule has 1 unspecified atom stereocenters. The maximum Gasteiger partial charge on any atom is 0.194 e. The first-order valence-electron chi connectivity index (χ1n) is 8.88. The Bertz CT molecular complexity index is 374. The molecule has 2 saturated heterocycles. The Labute approximate surface area is 163 Å². The van der Waals surface area contributed by atoms with Crippen molar-refractivity contribution in [1.29, 1.82) is 0 Å². The number of nitrogens with zero attached hydrogens (tertiary/aromatic N) is 2. The van der Waals surface area contributed by atoms with Crippen LogP contribution < -0.4 is 5.32 Å². The Balaban J connectivity index is 0.00000288. The average molecular weight is 455 g/mol. The highest BCUT2D eigenvalue weighted by Crippen LogP contribution is 2.20. The minimum absolute atomic E-state index is 0. The largest absolute Gasteiger partial charge is 0.376 e. The van der Waals surface area contributed by atoms with Crippen molar-refractivity contribution in [3.8, 4) is 0 Å². The molecule has 0 radical (unpaired) electrons. The second-order valence-corrected chi connectivity index (χ2v) is 7.18.